The van der Waals surface area contributed by atoms with Gasteiger partial charge in [-0.2, -0.15) is 0 Å². The molecular formula is C14H16N2O2. The maximum absolute atomic E-state index is 10.8. The third-order valence-corrected chi connectivity index (χ3v) is 2.97. The van der Waals surface area contributed by atoms with Crippen molar-refractivity contribution in [2.45, 2.75) is 26.8 Å². The van der Waals surface area contributed by atoms with Crippen LogP contribution in [0.15, 0.2) is 35.9 Å². The SMILES string of the molecule is CCc1nc2ccccc2n1CC=C(C)C(=O)O. The number of imidazole rings is 1. The Morgan fingerprint density at radius 1 is 1.44 bits per heavy atom. The van der Waals surface area contributed by atoms with Crippen molar-refractivity contribution in [3.8, 4) is 0 Å². The molecule has 0 bridgehead atoms. The highest BCUT2D eigenvalue weighted by atomic mass is 16.4. The number of carboxylic acids is 1. The molecule has 1 heterocycles. The fourth-order valence-corrected chi connectivity index (χ4v) is 1.91. The summed E-state index contributed by atoms with van der Waals surface area (Å²) in [4.78, 5) is 15.3. The van der Waals surface area contributed by atoms with Crippen LogP contribution in [0.3, 0.4) is 0 Å². The second kappa shape index (κ2) is 5.04. The average Bonchev–Trinajstić information content (AvgIpc) is 2.73. The maximum atomic E-state index is 10.8. The number of hydrogen-bond acceptors (Lipinski definition) is 2. The molecule has 4 heteroatoms. The number of para-hydroxylation sites is 2. The van der Waals surface area contributed by atoms with Gasteiger partial charge in [0, 0.05) is 18.5 Å². The van der Waals surface area contributed by atoms with E-state index in [4.69, 9.17) is 5.11 Å². The number of aromatic nitrogens is 2. The van der Waals surface area contributed by atoms with Gasteiger partial charge in [-0.05, 0) is 19.1 Å². The summed E-state index contributed by atoms with van der Waals surface area (Å²) in [6, 6.07) is 7.90. The van der Waals surface area contributed by atoms with E-state index in [0.717, 1.165) is 23.3 Å². The normalized spacial score (nSPS) is 12.0. The van der Waals surface area contributed by atoms with Crippen LogP contribution >= 0.6 is 0 Å². The average molecular weight is 244 g/mol. The van der Waals surface area contributed by atoms with E-state index in [0.29, 0.717) is 12.1 Å². The molecule has 0 amide bonds. The minimum Gasteiger partial charge on any atom is -0.478 e. The molecule has 94 valence electrons. The second-order valence-electron chi connectivity index (χ2n) is 4.17. The predicted molar refractivity (Wildman–Crippen MR) is 70.5 cm³/mol. The topological polar surface area (TPSA) is 55.1 Å². The van der Waals surface area contributed by atoms with E-state index in [2.05, 4.69) is 9.55 Å². The molecule has 2 rings (SSSR count). The van der Waals surface area contributed by atoms with Crippen LogP contribution in [0.4, 0.5) is 0 Å². The Balaban J connectivity index is 2.43. The molecule has 0 saturated heterocycles. The van der Waals surface area contributed by atoms with Crippen LogP contribution in [0.2, 0.25) is 0 Å². The lowest BCUT2D eigenvalue weighted by Gasteiger charge is -2.05. The number of fused-ring (bicyclic) bond motifs is 1. The third kappa shape index (κ3) is 2.27. The number of nitrogens with zero attached hydrogens (tertiary/aromatic N) is 2. The van der Waals surface area contributed by atoms with Crippen molar-refractivity contribution in [2.75, 3.05) is 0 Å². The molecule has 0 radical (unpaired) electrons. The highest BCUT2D eigenvalue weighted by Crippen LogP contribution is 2.16. The Morgan fingerprint density at radius 2 is 2.17 bits per heavy atom. The summed E-state index contributed by atoms with van der Waals surface area (Å²) < 4.78 is 2.06. The third-order valence-electron chi connectivity index (χ3n) is 2.97. The lowest BCUT2D eigenvalue weighted by Crippen LogP contribution is -2.04. The smallest absolute Gasteiger partial charge is 0.331 e. The summed E-state index contributed by atoms with van der Waals surface area (Å²) in [6.45, 7) is 4.19. The minimum absolute atomic E-state index is 0.356. The zero-order valence-electron chi connectivity index (χ0n) is 10.6. The molecule has 4 nitrogen and oxygen atoms in total. The van der Waals surface area contributed by atoms with Gasteiger partial charge in [-0.3, -0.25) is 0 Å². The molecule has 1 aromatic carbocycles. The molecule has 0 atom stereocenters. The number of aryl methyl sites for hydroxylation is 1. The summed E-state index contributed by atoms with van der Waals surface area (Å²) in [7, 11) is 0. The fourth-order valence-electron chi connectivity index (χ4n) is 1.91. The molecule has 18 heavy (non-hydrogen) atoms. The van der Waals surface area contributed by atoms with Crippen LogP contribution in [0.1, 0.15) is 19.7 Å². The van der Waals surface area contributed by atoms with E-state index in [1.54, 1.807) is 13.0 Å². The van der Waals surface area contributed by atoms with Gasteiger partial charge in [0.25, 0.3) is 0 Å². The highest BCUT2D eigenvalue weighted by Gasteiger charge is 2.08. The Bertz CT molecular complexity index is 611. The lowest BCUT2D eigenvalue weighted by atomic mass is 10.2. The van der Waals surface area contributed by atoms with Gasteiger partial charge in [0.15, 0.2) is 0 Å². The van der Waals surface area contributed by atoms with E-state index < -0.39 is 5.97 Å². The van der Waals surface area contributed by atoms with Gasteiger partial charge in [0.2, 0.25) is 0 Å². The van der Waals surface area contributed by atoms with E-state index in [1.165, 1.54) is 0 Å². The fraction of sp³-hybridized carbons (Fsp3) is 0.286. The molecule has 1 aromatic heterocycles. The summed E-state index contributed by atoms with van der Waals surface area (Å²) in [6.07, 6.45) is 2.55. The molecule has 0 fully saturated rings. The van der Waals surface area contributed by atoms with Crippen molar-refractivity contribution in [1.29, 1.82) is 0 Å². The Labute approximate surface area is 106 Å². The summed E-state index contributed by atoms with van der Waals surface area (Å²) in [5.74, 6) is 0.100. The van der Waals surface area contributed by atoms with E-state index in [1.807, 2.05) is 31.2 Å². The second-order valence-corrected chi connectivity index (χ2v) is 4.17. The first-order valence-electron chi connectivity index (χ1n) is 5.97. The van der Waals surface area contributed by atoms with Crippen molar-refractivity contribution in [2.24, 2.45) is 0 Å². The Morgan fingerprint density at radius 3 is 2.83 bits per heavy atom. The lowest BCUT2D eigenvalue weighted by molar-refractivity contribution is -0.132. The summed E-state index contributed by atoms with van der Waals surface area (Å²) >= 11 is 0. The monoisotopic (exact) mass is 244 g/mol. The molecule has 0 aliphatic heterocycles. The highest BCUT2D eigenvalue weighted by molar-refractivity contribution is 5.85. The van der Waals surface area contributed by atoms with Crippen molar-refractivity contribution >= 4 is 17.0 Å². The predicted octanol–water partition coefficient (Wildman–Crippen LogP) is 2.63. The van der Waals surface area contributed by atoms with Crippen LogP contribution in [0.25, 0.3) is 11.0 Å². The van der Waals surface area contributed by atoms with Crippen molar-refractivity contribution in [1.82, 2.24) is 9.55 Å². The van der Waals surface area contributed by atoms with Gasteiger partial charge in [0.05, 0.1) is 11.0 Å². The molecule has 0 spiro atoms. The molecule has 1 N–H and O–H groups in total. The number of benzene rings is 1. The first kappa shape index (κ1) is 12.4. The van der Waals surface area contributed by atoms with Crippen LogP contribution in [0.5, 0.6) is 0 Å². The largest absolute Gasteiger partial charge is 0.478 e. The van der Waals surface area contributed by atoms with Crippen LogP contribution in [0, 0.1) is 0 Å². The number of aliphatic carboxylic acids is 1. The van der Waals surface area contributed by atoms with Crippen LogP contribution in [-0.4, -0.2) is 20.6 Å². The van der Waals surface area contributed by atoms with Gasteiger partial charge >= 0.3 is 5.97 Å². The standard InChI is InChI=1S/C14H16N2O2/c1-3-13-15-11-6-4-5-7-12(11)16(13)9-8-10(2)14(17)18/h4-8H,3,9H2,1-2H3,(H,17,18). The van der Waals surface area contributed by atoms with Crippen molar-refractivity contribution in [3.05, 3.63) is 41.7 Å². The van der Waals surface area contributed by atoms with E-state index in [-0.39, 0.29) is 0 Å². The number of carboxylic acid groups (broad SMARTS) is 1. The molecule has 2 aromatic rings. The molecular weight excluding hydrogens is 228 g/mol. The van der Waals surface area contributed by atoms with E-state index in [9.17, 15) is 4.79 Å². The first-order chi connectivity index (χ1) is 8.63. The van der Waals surface area contributed by atoms with Gasteiger partial charge < -0.3 is 9.67 Å². The zero-order chi connectivity index (χ0) is 13.1. The number of allylic oxidation sites excluding steroid dienone is 1. The zero-order valence-corrected chi connectivity index (χ0v) is 10.6. The van der Waals surface area contributed by atoms with Gasteiger partial charge in [-0.1, -0.05) is 25.1 Å². The Kier molecular flexibility index (Phi) is 3.46. The molecule has 0 unspecified atom stereocenters. The van der Waals surface area contributed by atoms with Gasteiger partial charge in [-0.15, -0.1) is 0 Å². The van der Waals surface area contributed by atoms with Gasteiger partial charge in [0.1, 0.15) is 5.82 Å². The molecule has 0 saturated carbocycles. The van der Waals surface area contributed by atoms with Crippen molar-refractivity contribution < 1.29 is 9.90 Å². The molecule has 0 aliphatic rings. The first-order valence-corrected chi connectivity index (χ1v) is 5.97. The summed E-state index contributed by atoms with van der Waals surface area (Å²) in [5.41, 5.74) is 2.36. The van der Waals surface area contributed by atoms with Crippen molar-refractivity contribution in [3.63, 3.8) is 0 Å². The Hall–Kier alpha value is -2.10. The minimum atomic E-state index is -0.877. The number of rotatable bonds is 4. The van der Waals surface area contributed by atoms with E-state index >= 15 is 0 Å². The maximum Gasteiger partial charge on any atom is 0.331 e. The summed E-state index contributed by atoms with van der Waals surface area (Å²) in [5, 5.41) is 8.86. The molecule has 0 aliphatic carbocycles. The quantitative estimate of drug-likeness (QED) is 0.841. The van der Waals surface area contributed by atoms with Crippen LogP contribution in [-0.2, 0) is 17.8 Å². The van der Waals surface area contributed by atoms with Crippen LogP contribution < -0.4 is 0 Å². The number of hydrogen-bond donors (Lipinski definition) is 1. The van der Waals surface area contributed by atoms with Gasteiger partial charge in [-0.25, -0.2) is 9.78 Å². The number of carbonyl (C=O) groups is 1.